The van der Waals surface area contributed by atoms with Crippen molar-refractivity contribution in [3.63, 3.8) is 0 Å². The predicted molar refractivity (Wildman–Crippen MR) is 52.3 cm³/mol. The summed E-state index contributed by atoms with van der Waals surface area (Å²) in [6.45, 7) is 0. The molecule has 69 valence electrons. The normalized spacial score (nSPS) is 10.1. The zero-order valence-electron chi connectivity index (χ0n) is 8.24. The Labute approximate surface area is 121 Å². The summed E-state index contributed by atoms with van der Waals surface area (Å²) in [6.07, 6.45) is 1.50. The summed E-state index contributed by atoms with van der Waals surface area (Å²) in [5.74, 6) is 0. The Hall–Kier alpha value is -0.214. The summed E-state index contributed by atoms with van der Waals surface area (Å²) in [4.78, 5) is 28.6. The zero-order valence-corrected chi connectivity index (χ0v) is 11.4. The van der Waals surface area contributed by atoms with Crippen molar-refractivity contribution in [2.24, 2.45) is 14.1 Å². The Kier molecular flexibility index (Phi) is 3.48. The second kappa shape index (κ2) is 4.11. The molecule has 7 heteroatoms. The monoisotopic (exact) mass is 219 g/mol. The Balaban J connectivity index is 0.000000980. The largest absolute Gasteiger partial charge is 0.329 e. The maximum atomic E-state index is 11.3. The molecule has 14 heavy (non-hydrogen) atoms. The minimum Gasteiger partial charge on any atom is -0.328 e. The minimum absolute atomic E-state index is 0. The van der Waals surface area contributed by atoms with Gasteiger partial charge in [0.1, 0.15) is 0 Å². The van der Waals surface area contributed by atoms with Gasteiger partial charge in [-0.3, -0.25) is 14.3 Å². The van der Waals surface area contributed by atoms with Crippen LogP contribution < -0.4 is 11.2 Å². The number of hydrogen-bond donors (Lipinski definition) is 1. The van der Waals surface area contributed by atoms with E-state index >= 15 is 0 Å². The van der Waals surface area contributed by atoms with Gasteiger partial charge in [0.25, 0.3) is 5.56 Å². The predicted octanol–water partition coefficient (Wildman–Crippen LogP) is -1.42. The fourth-order valence-electron chi connectivity index (χ4n) is 1.26. The number of imidazole rings is 1. The smallest absolute Gasteiger partial charge is 0.328 e. The molecule has 0 aromatic carbocycles. The van der Waals surface area contributed by atoms with Crippen molar-refractivity contribution in [3.05, 3.63) is 27.2 Å². The molecule has 0 unspecified atom stereocenters. The van der Waals surface area contributed by atoms with Crippen LogP contribution in [0.2, 0.25) is 0 Å². The van der Waals surface area contributed by atoms with Crippen LogP contribution in [0.25, 0.3) is 11.2 Å². The molecule has 0 fully saturated rings. The van der Waals surface area contributed by atoms with Crippen LogP contribution in [0.15, 0.2) is 15.9 Å². The summed E-state index contributed by atoms with van der Waals surface area (Å²) >= 11 is 0. The van der Waals surface area contributed by atoms with Crippen molar-refractivity contribution < 1.29 is 0 Å². The first-order chi connectivity index (χ1) is 6.11. The minimum atomic E-state index is -0.448. The first kappa shape index (κ1) is 11.9. The Morgan fingerprint density at radius 1 is 1.36 bits per heavy atom. The maximum Gasteiger partial charge on any atom is 0.329 e. The number of nitrogens with one attached hydrogen (secondary N) is 1. The standard InChI is InChI=1S/C7H8N4O2.K/c1-10-3-8-5-4(10)6(12)9-7(13)11(5)2;/h3H,1-2H3,(H,9,12,13);. The molecule has 0 aliphatic rings. The van der Waals surface area contributed by atoms with Gasteiger partial charge in [0.05, 0.1) is 6.33 Å². The molecule has 2 aromatic heterocycles. The van der Waals surface area contributed by atoms with Crippen molar-refractivity contribution >= 4 is 62.5 Å². The molecule has 2 aromatic rings. The van der Waals surface area contributed by atoms with E-state index in [1.54, 1.807) is 18.7 Å². The first-order valence-electron chi connectivity index (χ1n) is 3.71. The van der Waals surface area contributed by atoms with Gasteiger partial charge < -0.3 is 4.57 Å². The van der Waals surface area contributed by atoms with E-state index in [-0.39, 0.29) is 51.4 Å². The third kappa shape index (κ3) is 1.65. The number of fused-ring (bicyclic) bond motifs is 1. The molecule has 0 saturated heterocycles. The van der Waals surface area contributed by atoms with Gasteiger partial charge in [-0.15, -0.1) is 0 Å². The molecule has 0 aliphatic heterocycles. The summed E-state index contributed by atoms with van der Waals surface area (Å²) in [5.41, 5.74) is -0.0485. The van der Waals surface area contributed by atoms with Gasteiger partial charge >= 0.3 is 5.69 Å². The van der Waals surface area contributed by atoms with Crippen LogP contribution >= 0.6 is 0 Å². The van der Waals surface area contributed by atoms with Gasteiger partial charge in [-0.05, 0) is 0 Å². The molecule has 0 bridgehead atoms. The summed E-state index contributed by atoms with van der Waals surface area (Å²) in [7, 11) is 3.27. The number of aromatic nitrogens is 4. The molecule has 0 atom stereocenters. The molecular formula is C7H8KN4O2. The van der Waals surface area contributed by atoms with Crippen LogP contribution in [-0.2, 0) is 14.1 Å². The van der Waals surface area contributed by atoms with Crippen LogP contribution in [0.3, 0.4) is 0 Å². The molecule has 0 amide bonds. The molecule has 1 radical (unpaired) electrons. The molecule has 0 spiro atoms. The van der Waals surface area contributed by atoms with Gasteiger partial charge in [-0.1, -0.05) is 0 Å². The summed E-state index contributed by atoms with van der Waals surface area (Å²) in [6, 6.07) is 0. The van der Waals surface area contributed by atoms with E-state index in [0.29, 0.717) is 11.2 Å². The molecule has 0 saturated carbocycles. The maximum absolute atomic E-state index is 11.3. The van der Waals surface area contributed by atoms with Crippen molar-refractivity contribution in [3.8, 4) is 0 Å². The van der Waals surface area contributed by atoms with Gasteiger partial charge in [0, 0.05) is 65.5 Å². The van der Waals surface area contributed by atoms with Crippen molar-refractivity contribution in [1.82, 2.24) is 19.1 Å². The average molecular weight is 219 g/mol. The molecule has 1 N–H and O–H groups in total. The summed E-state index contributed by atoms with van der Waals surface area (Å²) in [5, 5.41) is 0. The van der Waals surface area contributed by atoms with E-state index in [2.05, 4.69) is 9.97 Å². The Morgan fingerprint density at radius 2 is 2.00 bits per heavy atom. The number of hydrogen-bond acceptors (Lipinski definition) is 3. The third-order valence-corrected chi connectivity index (χ3v) is 1.98. The Bertz CT molecular complexity index is 579. The van der Waals surface area contributed by atoms with E-state index in [1.807, 2.05) is 0 Å². The van der Waals surface area contributed by atoms with Crippen LogP contribution in [-0.4, -0.2) is 70.5 Å². The first-order valence-corrected chi connectivity index (χ1v) is 3.71. The van der Waals surface area contributed by atoms with Crippen LogP contribution in [0, 0.1) is 0 Å². The fraction of sp³-hybridized carbons (Fsp3) is 0.286. The van der Waals surface area contributed by atoms with Gasteiger partial charge in [-0.2, -0.15) is 0 Å². The van der Waals surface area contributed by atoms with E-state index in [9.17, 15) is 9.59 Å². The molecule has 0 aliphatic carbocycles. The van der Waals surface area contributed by atoms with Crippen LogP contribution in [0.1, 0.15) is 0 Å². The summed E-state index contributed by atoms with van der Waals surface area (Å²) < 4.78 is 2.88. The van der Waals surface area contributed by atoms with E-state index in [0.717, 1.165) is 0 Å². The van der Waals surface area contributed by atoms with Crippen molar-refractivity contribution in [2.45, 2.75) is 0 Å². The number of rotatable bonds is 0. The molecular weight excluding hydrogens is 211 g/mol. The van der Waals surface area contributed by atoms with E-state index in [4.69, 9.17) is 0 Å². The van der Waals surface area contributed by atoms with Gasteiger partial charge in [0.2, 0.25) is 0 Å². The third-order valence-electron chi connectivity index (χ3n) is 1.98. The number of nitrogens with zero attached hydrogens (tertiary/aromatic N) is 3. The van der Waals surface area contributed by atoms with Gasteiger partial charge in [0.15, 0.2) is 11.2 Å². The average Bonchev–Trinajstić information content (AvgIpc) is 2.44. The number of aryl methyl sites for hydroxylation is 2. The number of aromatic amines is 1. The topological polar surface area (TPSA) is 72.7 Å². The zero-order chi connectivity index (χ0) is 9.59. The van der Waals surface area contributed by atoms with Crippen molar-refractivity contribution in [2.75, 3.05) is 0 Å². The van der Waals surface area contributed by atoms with E-state index in [1.165, 1.54) is 10.9 Å². The Morgan fingerprint density at radius 3 is 2.64 bits per heavy atom. The van der Waals surface area contributed by atoms with Crippen LogP contribution in [0.5, 0.6) is 0 Å². The van der Waals surface area contributed by atoms with Crippen LogP contribution in [0.4, 0.5) is 0 Å². The fourth-order valence-corrected chi connectivity index (χ4v) is 1.26. The quantitative estimate of drug-likeness (QED) is 0.553. The second-order valence-corrected chi connectivity index (χ2v) is 2.85. The number of H-pyrrole nitrogens is 1. The van der Waals surface area contributed by atoms with Crippen molar-refractivity contribution in [1.29, 1.82) is 0 Å². The van der Waals surface area contributed by atoms with Gasteiger partial charge in [-0.25, -0.2) is 9.78 Å². The molecule has 2 rings (SSSR count). The SMILES string of the molecule is Cn1cnc2c1c(=O)[nH]c(=O)n2C.[K]. The second-order valence-electron chi connectivity index (χ2n) is 2.85. The molecule has 6 nitrogen and oxygen atoms in total. The van der Waals surface area contributed by atoms with E-state index < -0.39 is 11.2 Å². The molecule has 2 heterocycles.